The zero-order chi connectivity index (χ0) is 14.5. The number of aromatic nitrogens is 2. The zero-order valence-electron chi connectivity index (χ0n) is 12.9. The summed E-state index contributed by atoms with van der Waals surface area (Å²) in [5, 5.41) is 0. The highest BCUT2D eigenvalue weighted by atomic mass is 16.5. The first kappa shape index (κ1) is 15.4. The summed E-state index contributed by atoms with van der Waals surface area (Å²) in [5.74, 6) is 0.828. The Morgan fingerprint density at radius 3 is 2.60 bits per heavy atom. The molecule has 0 aliphatic carbocycles. The van der Waals surface area contributed by atoms with Crippen LogP contribution in [0.4, 0.5) is 0 Å². The molecule has 0 spiro atoms. The third-order valence-electron chi connectivity index (χ3n) is 3.95. The molecule has 5 nitrogen and oxygen atoms in total. The number of morpholine rings is 1. The summed E-state index contributed by atoms with van der Waals surface area (Å²) in [6.07, 6.45) is 1.94. The fraction of sp³-hybridized carbons (Fsp3) is 0.733. The number of hydrogen-bond donors (Lipinski definition) is 1. The van der Waals surface area contributed by atoms with Crippen LogP contribution in [0.15, 0.2) is 0 Å². The van der Waals surface area contributed by atoms with E-state index in [1.54, 1.807) is 0 Å². The molecule has 1 fully saturated rings. The predicted molar refractivity (Wildman–Crippen MR) is 79.7 cm³/mol. The monoisotopic (exact) mass is 278 g/mol. The molecule has 1 aliphatic heterocycles. The maximum Gasteiger partial charge on any atom is 0.158 e. The summed E-state index contributed by atoms with van der Waals surface area (Å²) in [4.78, 5) is 11.7. The van der Waals surface area contributed by atoms with E-state index < -0.39 is 0 Å². The Labute approximate surface area is 121 Å². The second-order valence-electron chi connectivity index (χ2n) is 5.38. The van der Waals surface area contributed by atoms with Gasteiger partial charge in [0.25, 0.3) is 0 Å². The van der Waals surface area contributed by atoms with Gasteiger partial charge >= 0.3 is 0 Å². The van der Waals surface area contributed by atoms with E-state index >= 15 is 0 Å². The van der Waals surface area contributed by atoms with Crippen molar-refractivity contribution < 1.29 is 4.74 Å². The van der Waals surface area contributed by atoms with Gasteiger partial charge in [-0.25, -0.2) is 9.97 Å². The Morgan fingerprint density at radius 1 is 1.30 bits per heavy atom. The molecule has 0 aromatic carbocycles. The smallest absolute Gasteiger partial charge is 0.158 e. The number of nitrogens with two attached hydrogens (primary N) is 1. The van der Waals surface area contributed by atoms with Gasteiger partial charge in [-0.3, -0.25) is 4.90 Å². The lowest BCUT2D eigenvalue weighted by atomic mass is 10.1. The lowest BCUT2D eigenvalue weighted by Gasteiger charge is -2.31. The second kappa shape index (κ2) is 7.11. The minimum atomic E-state index is 0.00431. The molecule has 0 saturated carbocycles. The number of rotatable bonds is 5. The maximum atomic E-state index is 5.84. The highest BCUT2D eigenvalue weighted by Crippen LogP contribution is 2.21. The third kappa shape index (κ3) is 3.53. The molecular weight excluding hydrogens is 252 g/mol. The summed E-state index contributed by atoms with van der Waals surface area (Å²) >= 11 is 0. The number of likely N-dealkylation sites (N-methyl/N-ethyl adjacent to an activating group) is 1. The van der Waals surface area contributed by atoms with Gasteiger partial charge in [0.1, 0.15) is 6.10 Å². The van der Waals surface area contributed by atoms with Crippen molar-refractivity contribution in [3.63, 3.8) is 0 Å². The van der Waals surface area contributed by atoms with Crippen LogP contribution >= 0.6 is 0 Å². The van der Waals surface area contributed by atoms with Crippen LogP contribution in [0, 0.1) is 13.8 Å². The van der Waals surface area contributed by atoms with Gasteiger partial charge < -0.3 is 10.5 Å². The van der Waals surface area contributed by atoms with E-state index in [9.17, 15) is 0 Å². The molecular formula is C15H26N4O. The zero-order valence-corrected chi connectivity index (χ0v) is 12.9. The van der Waals surface area contributed by atoms with Crippen LogP contribution in [0.25, 0.3) is 0 Å². The van der Waals surface area contributed by atoms with E-state index in [1.165, 1.54) is 5.56 Å². The van der Waals surface area contributed by atoms with Crippen molar-refractivity contribution >= 4 is 0 Å². The molecule has 1 unspecified atom stereocenters. The SMILES string of the molecule is CCN1CCOC(c2nc(C)c(CCCN)c(C)n2)C1. The third-order valence-corrected chi connectivity index (χ3v) is 3.95. The molecule has 112 valence electrons. The summed E-state index contributed by atoms with van der Waals surface area (Å²) in [7, 11) is 0. The van der Waals surface area contributed by atoms with Crippen molar-refractivity contribution in [2.75, 3.05) is 32.8 Å². The van der Waals surface area contributed by atoms with E-state index in [0.717, 1.165) is 56.3 Å². The largest absolute Gasteiger partial charge is 0.368 e. The van der Waals surface area contributed by atoms with Gasteiger partial charge in [0.05, 0.1) is 6.61 Å². The van der Waals surface area contributed by atoms with Crippen LogP contribution in [0.5, 0.6) is 0 Å². The van der Waals surface area contributed by atoms with Crippen molar-refractivity contribution in [1.29, 1.82) is 0 Å². The normalized spacial score (nSPS) is 20.3. The fourth-order valence-corrected chi connectivity index (χ4v) is 2.70. The Kier molecular flexibility index (Phi) is 5.46. The van der Waals surface area contributed by atoms with Crippen molar-refractivity contribution in [3.05, 3.63) is 22.8 Å². The van der Waals surface area contributed by atoms with Gasteiger partial charge in [-0.05, 0) is 45.3 Å². The molecule has 0 bridgehead atoms. The van der Waals surface area contributed by atoms with Crippen molar-refractivity contribution in [3.8, 4) is 0 Å². The van der Waals surface area contributed by atoms with E-state index in [4.69, 9.17) is 10.5 Å². The van der Waals surface area contributed by atoms with Crippen LogP contribution < -0.4 is 5.73 Å². The number of aryl methyl sites for hydroxylation is 2. The van der Waals surface area contributed by atoms with Gasteiger partial charge in [0.15, 0.2) is 5.82 Å². The van der Waals surface area contributed by atoms with Gasteiger partial charge in [0.2, 0.25) is 0 Å². The van der Waals surface area contributed by atoms with Crippen LogP contribution in [-0.2, 0) is 11.2 Å². The first-order valence-electron chi connectivity index (χ1n) is 7.53. The summed E-state index contributed by atoms with van der Waals surface area (Å²) in [6.45, 7) is 10.7. The van der Waals surface area contributed by atoms with E-state index in [-0.39, 0.29) is 6.10 Å². The minimum absolute atomic E-state index is 0.00431. The molecule has 1 atom stereocenters. The van der Waals surface area contributed by atoms with Crippen LogP contribution in [0.1, 0.15) is 42.2 Å². The predicted octanol–water partition coefficient (Wildman–Crippen LogP) is 1.38. The molecule has 5 heteroatoms. The molecule has 1 aliphatic rings. The van der Waals surface area contributed by atoms with Crippen LogP contribution in [-0.4, -0.2) is 47.7 Å². The average Bonchev–Trinajstić information content (AvgIpc) is 2.46. The van der Waals surface area contributed by atoms with E-state index in [1.807, 2.05) is 0 Å². The van der Waals surface area contributed by atoms with Gasteiger partial charge in [-0.15, -0.1) is 0 Å². The molecule has 1 aromatic rings. The Hall–Kier alpha value is -1.04. The summed E-state index contributed by atoms with van der Waals surface area (Å²) in [5.41, 5.74) is 8.96. The molecule has 1 aromatic heterocycles. The first-order chi connectivity index (χ1) is 9.65. The summed E-state index contributed by atoms with van der Waals surface area (Å²) < 4.78 is 5.84. The molecule has 2 rings (SSSR count). The molecule has 2 N–H and O–H groups in total. The topological polar surface area (TPSA) is 64.3 Å². The Bertz CT molecular complexity index is 426. The lowest BCUT2D eigenvalue weighted by molar-refractivity contribution is -0.0327. The summed E-state index contributed by atoms with van der Waals surface area (Å²) in [6, 6.07) is 0. The second-order valence-corrected chi connectivity index (χ2v) is 5.38. The molecule has 0 amide bonds. The Morgan fingerprint density at radius 2 is 2.00 bits per heavy atom. The maximum absolute atomic E-state index is 5.84. The van der Waals surface area contributed by atoms with Crippen molar-refractivity contribution in [2.45, 2.75) is 39.7 Å². The molecule has 1 saturated heterocycles. The fourth-order valence-electron chi connectivity index (χ4n) is 2.70. The van der Waals surface area contributed by atoms with Crippen molar-refractivity contribution in [2.24, 2.45) is 5.73 Å². The number of hydrogen-bond acceptors (Lipinski definition) is 5. The number of ether oxygens (including phenoxy) is 1. The molecule has 20 heavy (non-hydrogen) atoms. The highest BCUT2D eigenvalue weighted by Gasteiger charge is 2.24. The Balaban J connectivity index is 2.16. The number of nitrogens with zero attached hydrogens (tertiary/aromatic N) is 3. The quantitative estimate of drug-likeness (QED) is 0.881. The van der Waals surface area contributed by atoms with Crippen LogP contribution in [0.2, 0.25) is 0 Å². The van der Waals surface area contributed by atoms with Gasteiger partial charge in [-0.2, -0.15) is 0 Å². The van der Waals surface area contributed by atoms with Crippen molar-refractivity contribution in [1.82, 2.24) is 14.9 Å². The highest BCUT2D eigenvalue weighted by molar-refractivity contribution is 5.25. The standard InChI is InChI=1S/C15H26N4O/c1-4-19-8-9-20-14(10-19)15-17-11(2)13(6-5-7-16)12(3)18-15/h14H,4-10,16H2,1-3H3. The lowest BCUT2D eigenvalue weighted by Crippen LogP contribution is -2.38. The van der Waals surface area contributed by atoms with Crippen LogP contribution in [0.3, 0.4) is 0 Å². The van der Waals surface area contributed by atoms with E-state index in [2.05, 4.69) is 35.6 Å². The van der Waals surface area contributed by atoms with E-state index in [0.29, 0.717) is 6.54 Å². The molecule has 0 radical (unpaired) electrons. The van der Waals surface area contributed by atoms with Gasteiger partial charge in [0, 0.05) is 24.5 Å². The minimum Gasteiger partial charge on any atom is -0.368 e. The van der Waals surface area contributed by atoms with Gasteiger partial charge in [-0.1, -0.05) is 6.92 Å². The molecule has 2 heterocycles. The first-order valence-corrected chi connectivity index (χ1v) is 7.53. The average molecular weight is 278 g/mol.